The molecule has 0 aliphatic heterocycles. The molecule has 2 amide bonds. The zero-order chi connectivity index (χ0) is 20.4. The number of fused-ring (bicyclic) bond motifs is 1. The highest BCUT2D eigenvalue weighted by Crippen LogP contribution is 2.35. The fraction of sp³-hybridized carbons (Fsp3) is 0.125. The molecule has 0 saturated carbocycles. The Morgan fingerprint density at radius 2 is 1.76 bits per heavy atom. The van der Waals surface area contributed by atoms with E-state index >= 15 is 0 Å². The SMILES string of the molecule is CCc1ccc(-c2[nH]c3ccccc3c2NC(=O)Nc2ccc(C)cc2Cl)cc1. The van der Waals surface area contributed by atoms with Crippen LogP contribution in [-0.2, 0) is 6.42 Å². The molecule has 4 aromatic rings. The van der Waals surface area contributed by atoms with Crippen LogP contribution in [-0.4, -0.2) is 11.0 Å². The lowest BCUT2D eigenvalue weighted by Crippen LogP contribution is -2.20. The van der Waals surface area contributed by atoms with Gasteiger partial charge in [-0.15, -0.1) is 0 Å². The van der Waals surface area contributed by atoms with Gasteiger partial charge in [-0.25, -0.2) is 4.79 Å². The number of aromatic amines is 1. The van der Waals surface area contributed by atoms with Gasteiger partial charge in [-0.1, -0.05) is 67.1 Å². The van der Waals surface area contributed by atoms with E-state index in [2.05, 4.69) is 46.8 Å². The van der Waals surface area contributed by atoms with Gasteiger partial charge in [0.1, 0.15) is 0 Å². The van der Waals surface area contributed by atoms with Crippen LogP contribution in [0.25, 0.3) is 22.2 Å². The summed E-state index contributed by atoms with van der Waals surface area (Å²) in [6.45, 7) is 4.09. The van der Waals surface area contributed by atoms with Crippen molar-refractivity contribution in [1.29, 1.82) is 0 Å². The van der Waals surface area contributed by atoms with Crippen LogP contribution >= 0.6 is 11.6 Å². The van der Waals surface area contributed by atoms with Gasteiger partial charge in [0.05, 0.1) is 22.1 Å². The molecule has 0 aliphatic carbocycles. The summed E-state index contributed by atoms with van der Waals surface area (Å²) in [6, 6.07) is 21.5. The van der Waals surface area contributed by atoms with Gasteiger partial charge in [0, 0.05) is 16.5 Å². The van der Waals surface area contributed by atoms with Crippen LogP contribution in [0.2, 0.25) is 5.02 Å². The van der Waals surface area contributed by atoms with Gasteiger partial charge in [-0.3, -0.25) is 0 Å². The van der Waals surface area contributed by atoms with E-state index in [1.165, 1.54) is 5.56 Å². The molecular formula is C24H22ClN3O. The number of anilines is 2. The molecule has 1 heterocycles. The second kappa shape index (κ2) is 8.02. The summed E-state index contributed by atoms with van der Waals surface area (Å²) in [7, 11) is 0. The maximum absolute atomic E-state index is 12.7. The van der Waals surface area contributed by atoms with Gasteiger partial charge >= 0.3 is 6.03 Å². The number of halogens is 1. The van der Waals surface area contributed by atoms with E-state index in [0.717, 1.165) is 39.8 Å². The van der Waals surface area contributed by atoms with Gasteiger partial charge in [0.25, 0.3) is 0 Å². The van der Waals surface area contributed by atoms with Crippen molar-refractivity contribution in [1.82, 2.24) is 4.98 Å². The first kappa shape index (κ1) is 19.1. The van der Waals surface area contributed by atoms with Crippen molar-refractivity contribution in [2.24, 2.45) is 0 Å². The first-order valence-corrected chi connectivity index (χ1v) is 9.97. The third-order valence-electron chi connectivity index (χ3n) is 4.97. The molecule has 0 atom stereocenters. The summed E-state index contributed by atoms with van der Waals surface area (Å²) in [5, 5.41) is 7.31. The average molecular weight is 404 g/mol. The number of hydrogen-bond donors (Lipinski definition) is 3. The van der Waals surface area contributed by atoms with Crippen molar-refractivity contribution >= 4 is 39.9 Å². The van der Waals surface area contributed by atoms with Gasteiger partial charge in [0.2, 0.25) is 0 Å². The molecule has 0 radical (unpaired) electrons. The summed E-state index contributed by atoms with van der Waals surface area (Å²) in [4.78, 5) is 16.2. The van der Waals surface area contributed by atoms with Crippen LogP contribution in [0.15, 0.2) is 66.7 Å². The van der Waals surface area contributed by atoms with Crippen molar-refractivity contribution in [3.05, 3.63) is 82.9 Å². The maximum atomic E-state index is 12.7. The Balaban J connectivity index is 1.69. The molecule has 146 valence electrons. The molecule has 0 bridgehead atoms. The molecule has 0 spiro atoms. The van der Waals surface area contributed by atoms with E-state index in [4.69, 9.17) is 11.6 Å². The summed E-state index contributed by atoms with van der Waals surface area (Å²) in [5.41, 5.74) is 6.47. The van der Waals surface area contributed by atoms with Crippen LogP contribution in [0.4, 0.5) is 16.2 Å². The topological polar surface area (TPSA) is 56.9 Å². The number of H-pyrrole nitrogens is 1. The lowest BCUT2D eigenvalue weighted by atomic mass is 10.1. The van der Waals surface area contributed by atoms with Gasteiger partial charge in [-0.2, -0.15) is 0 Å². The number of rotatable bonds is 4. The number of carbonyl (C=O) groups excluding carboxylic acids is 1. The van der Waals surface area contributed by atoms with Crippen LogP contribution in [0, 0.1) is 6.92 Å². The molecule has 0 aliphatic rings. The average Bonchev–Trinajstić information content (AvgIpc) is 3.08. The minimum atomic E-state index is -0.341. The number of carbonyl (C=O) groups is 1. The van der Waals surface area contributed by atoms with E-state index in [1.54, 1.807) is 6.07 Å². The lowest BCUT2D eigenvalue weighted by Gasteiger charge is -2.11. The molecule has 4 nitrogen and oxygen atoms in total. The predicted octanol–water partition coefficient (Wildman–Crippen LogP) is 7.00. The Labute approximate surface area is 174 Å². The molecular weight excluding hydrogens is 382 g/mol. The van der Waals surface area contributed by atoms with E-state index in [0.29, 0.717) is 10.7 Å². The van der Waals surface area contributed by atoms with Crippen molar-refractivity contribution in [2.45, 2.75) is 20.3 Å². The zero-order valence-electron chi connectivity index (χ0n) is 16.3. The third-order valence-corrected chi connectivity index (χ3v) is 5.28. The number of nitrogens with one attached hydrogen (secondary N) is 3. The van der Waals surface area contributed by atoms with Crippen molar-refractivity contribution < 1.29 is 4.79 Å². The maximum Gasteiger partial charge on any atom is 0.323 e. The van der Waals surface area contributed by atoms with Crippen molar-refractivity contribution in [2.75, 3.05) is 10.6 Å². The molecule has 0 unspecified atom stereocenters. The Hall–Kier alpha value is -3.24. The molecule has 4 rings (SSSR count). The fourth-order valence-corrected chi connectivity index (χ4v) is 3.67. The highest BCUT2D eigenvalue weighted by atomic mass is 35.5. The minimum absolute atomic E-state index is 0.341. The van der Waals surface area contributed by atoms with Crippen LogP contribution < -0.4 is 10.6 Å². The van der Waals surface area contributed by atoms with E-state index in [9.17, 15) is 4.79 Å². The molecule has 3 aromatic carbocycles. The summed E-state index contributed by atoms with van der Waals surface area (Å²) in [5.74, 6) is 0. The second-order valence-electron chi connectivity index (χ2n) is 7.03. The largest absolute Gasteiger partial charge is 0.353 e. The Morgan fingerprint density at radius 3 is 2.48 bits per heavy atom. The number of benzene rings is 3. The van der Waals surface area contributed by atoms with Crippen molar-refractivity contribution in [3.63, 3.8) is 0 Å². The first-order chi connectivity index (χ1) is 14.0. The summed E-state index contributed by atoms with van der Waals surface area (Å²) >= 11 is 6.26. The number of aromatic nitrogens is 1. The van der Waals surface area contributed by atoms with Crippen molar-refractivity contribution in [3.8, 4) is 11.3 Å². The number of aryl methyl sites for hydroxylation is 2. The normalized spacial score (nSPS) is 10.9. The predicted molar refractivity (Wildman–Crippen MR) is 122 cm³/mol. The zero-order valence-corrected chi connectivity index (χ0v) is 17.1. The Kier molecular flexibility index (Phi) is 5.28. The molecule has 3 N–H and O–H groups in total. The van der Waals surface area contributed by atoms with E-state index in [-0.39, 0.29) is 6.03 Å². The fourth-order valence-electron chi connectivity index (χ4n) is 3.38. The Bertz CT molecular complexity index is 1180. The highest BCUT2D eigenvalue weighted by molar-refractivity contribution is 6.34. The summed E-state index contributed by atoms with van der Waals surface area (Å²) in [6.07, 6.45) is 0.984. The minimum Gasteiger partial charge on any atom is -0.353 e. The quantitative estimate of drug-likeness (QED) is 0.337. The summed E-state index contributed by atoms with van der Waals surface area (Å²) < 4.78 is 0. The van der Waals surface area contributed by atoms with Gasteiger partial charge < -0.3 is 15.6 Å². The number of urea groups is 1. The highest BCUT2D eigenvalue weighted by Gasteiger charge is 2.16. The first-order valence-electron chi connectivity index (χ1n) is 9.59. The molecule has 0 saturated heterocycles. The number of amides is 2. The van der Waals surface area contributed by atoms with E-state index < -0.39 is 0 Å². The molecule has 5 heteroatoms. The number of para-hydroxylation sites is 1. The van der Waals surface area contributed by atoms with Gasteiger partial charge in [0.15, 0.2) is 0 Å². The molecule has 1 aromatic heterocycles. The second-order valence-corrected chi connectivity index (χ2v) is 7.44. The van der Waals surface area contributed by atoms with Crippen LogP contribution in [0.1, 0.15) is 18.1 Å². The van der Waals surface area contributed by atoms with Crippen LogP contribution in [0.5, 0.6) is 0 Å². The van der Waals surface area contributed by atoms with Gasteiger partial charge in [-0.05, 0) is 42.7 Å². The monoisotopic (exact) mass is 403 g/mol. The standard InChI is InChI=1S/C24H22ClN3O/c1-3-16-9-11-17(12-10-16)22-23(18-6-4-5-7-20(18)26-22)28-24(29)27-21-13-8-15(2)14-19(21)25/h4-14,26H,3H2,1-2H3,(H2,27,28,29). The third kappa shape index (κ3) is 3.98. The van der Waals surface area contributed by atoms with E-state index in [1.807, 2.05) is 43.3 Å². The lowest BCUT2D eigenvalue weighted by molar-refractivity contribution is 0.262. The molecule has 29 heavy (non-hydrogen) atoms. The van der Waals surface area contributed by atoms with Crippen LogP contribution in [0.3, 0.4) is 0 Å². The smallest absolute Gasteiger partial charge is 0.323 e. The Morgan fingerprint density at radius 1 is 1.00 bits per heavy atom. The molecule has 0 fully saturated rings. The number of hydrogen-bond acceptors (Lipinski definition) is 1.